The van der Waals surface area contributed by atoms with Gasteiger partial charge in [-0.1, -0.05) is 11.6 Å². The summed E-state index contributed by atoms with van der Waals surface area (Å²) >= 11 is 9.44. The molecule has 0 amide bonds. The molecule has 0 bridgehead atoms. The highest BCUT2D eigenvalue weighted by Gasteiger charge is 2.15. The van der Waals surface area contributed by atoms with E-state index in [9.17, 15) is 0 Å². The zero-order chi connectivity index (χ0) is 13.3. The van der Waals surface area contributed by atoms with E-state index >= 15 is 0 Å². The molecule has 0 saturated heterocycles. The van der Waals surface area contributed by atoms with Crippen LogP contribution in [0.1, 0.15) is 11.4 Å². The van der Waals surface area contributed by atoms with E-state index in [4.69, 9.17) is 16.3 Å². The Morgan fingerprint density at radius 1 is 1.44 bits per heavy atom. The minimum atomic E-state index is 0.370. The van der Waals surface area contributed by atoms with Crippen LogP contribution in [0.5, 0.6) is 0 Å². The van der Waals surface area contributed by atoms with Gasteiger partial charge in [-0.15, -0.1) is 0 Å². The van der Waals surface area contributed by atoms with E-state index in [0.29, 0.717) is 22.1 Å². The van der Waals surface area contributed by atoms with Crippen LogP contribution in [0.2, 0.25) is 5.15 Å². The third-order valence-corrected chi connectivity index (χ3v) is 3.97. The highest BCUT2D eigenvalue weighted by Crippen LogP contribution is 2.28. The molecule has 7 heteroatoms. The summed E-state index contributed by atoms with van der Waals surface area (Å²) in [5, 5.41) is 4.54. The molecule has 96 valence electrons. The number of ether oxygens (including phenoxy) is 1. The van der Waals surface area contributed by atoms with Gasteiger partial charge >= 0.3 is 0 Å². The summed E-state index contributed by atoms with van der Waals surface area (Å²) in [5.74, 6) is 0.556. The van der Waals surface area contributed by atoms with Crippen LogP contribution < -0.4 is 0 Å². The maximum atomic E-state index is 6.08. The second kappa shape index (κ2) is 5.34. The van der Waals surface area contributed by atoms with E-state index in [-0.39, 0.29) is 0 Å². The van der Waals surface area contributed by atoms with Crippen LogP contribution in [0, 0.1) is 6.92 Å². The van der Waals surface area contributed by atoms with Gasteiger partial charge in [-0.2, -0.15) is 5.10 Å². The first kappa shape index (κ1) is 13.5. The van der Waals surface area contributed by atoms with Gasteiger partial charge < -0.3 is 4.74 Å². The third-order valence-electron chi connectivity index (χ3n) is 2.64. The smallest absolute Gasteiger partial charge is 0.164 e. The van der Waals surface area contributed by atoms with E-state index in [2.05, 4.69) is 31.0 Å². The lowest BCUT2D eigenvalue weighted by molar-refractivity contribution is 0.181. The third kappa shape index (κ3) is 2.41. The first-order valence-electron chi connectivity index (χ1n) is 5.24. The van der Waals surface area contributed by atoms with Crippen LogP contribution in [0.25, 0.3) is 11.4 Å². The van der Waals surface area contributed by atoms with Crippen molar-refractivity contribution < 1.29 is 4.74 Å². The standard InChI is InChI=1S/C11H12BrClN4O/c1-6-7(4-14-17(6)2)11-15-8(5-18-3)9(12)10(13)16-11/h4H,5H2,1-3H3. The SMILES string of the molecule is COCc1nc(-c2cnn(C)c2C)nc(Cl)c1Br. The summed E-state index contributed by atoms with van der Waals surface area (Å²) < 4.78 is 7.52. The van der Waals surface area contributed by atoms with Crippen LogP contribution in [-0.4, -0.2) is 26.9 Å². The molecule has 0 aliphatic rings. The minimum absolute atomic E-state index is 0.370. The van der Waals surface area contributed by atoms with Crippen LogP contribution in [0.15, 0.2) is 10.7 Å². The minimum Gasteiger partial charge on any atom is -0.378 e. The topological polar surface area (TPSA) is 52.8 Å². The molecule has 0 saturated carbocycles. The second-order valence-corrected chi connectivity index (χ2v) is 4.95. The van der Waals surface area contributed by atoms with Gasteiger partial charge in [0.15, 0.2) is 5.82 Å². The van der Waals surface area contributed by atoms with E-state index in [1.54, 1.807) is 18.0 Å². The number of aromatic nitrogens is 4. The molecule has 0 atom stereocenters. The van der Waals surface area contributed by atoms with Gasteiger partial charge in [0, 0.05) is 19.9 Å². The van der Waals surface area contributed by atoms with Gasteiger partial charge in [0.2, 0.25) is 0 Å². The fourth-order valence-corrected chi connectivity index (χ4v) is 2.01. The van der Waals surface area contributed by atoms with Crippen molar-refractivity contribution in [1.82, 2.24) is 19.7 Å². The van der Waals surface area contributed by atoms with Crippen molar-refractivity contribution in [2.24, 2.45) is 7.05 Å². The first-order chi connectivity index (χ1) is 8.54. The fraction of sp³-hybridized carbons (Fsp3) is 0.364. The van der Waals surface area contributed by atoms with E-state index in [1.807, 2.05) is 14.0 Å². The van der Waals surface area contributed by atoms with Crippen LogP contribution >= 0.6 is 27.5 Å². The van der Waals surface area contributed by atoms with Crippen LogP contribution in [-0.2, 0) is 18.4 Å². The second-order valence-electron chi connectivity index (χ2n) is 3.80. The number of hydrogen-bond donors (Lipinski definition) is 0. The lowest BCUT2D eigenvalue weighted by Gasteiger charge is -2.07. The van der Waals surface area contributed by atoms with Crippen molar-refractivity contribution in [3.05, 3.63) is 27.2 Å². The number of nitrogens with zero attached hydrogens (tertiary/aromatic N) is 4. The summed E-state index contributed by atoms with van der Waals surface area (Å²) in [5.41, 5.74) is 2.57. The van der Waals surface area contributed by atoms with Crippen molar-refractivity contribution in [2.45, 2.75) is 13.5 Å². The summed E-state index contributed by atoms with van der Waals surface area (Å²) in [4.78, 5) is 8.71. The Morgan fingerprint density at radius 2 is 2.17 bits per heavy atom. The average molecular weight is 332 g/mol. The maximum Gasteiger partial charge on any atom is 0.164 e. The van der Waals surface area contributed by atoms with Gasteiger partial charge in [-0.3, -0.25) is 4.68 Å². The number of aryl methyl sites for hydroxylation is 1. The lowest BCUT2D eigenvalue weighted by Crippen LogP contribution is -2.01. The monoisotopic (exact) mass is 330 g/mol. The molecule has 2 aromatic rings. The Balaban J connectivity index is 2.55. The Hall–Kier alpha value is -0.980. The zero-order valence-electron chi connectivity index (χ0n) is 10.2. The average Bonchev–Trinajstić information content (AvgIpc) is 2.66. The molecular formula is C11H12BrClN4O. The highest BCUT2D eigenvalue weighted by molar-refractivity contribution is 9.10. The molecule has 2 heterocycles. The van der Waals surface area contributed by atoms with Crippen LogP contribution in [0.4, 0.5) is 0 Å². The van der Waals surface area contributed by atoms with Crippen molar-refractivity contribution in [2.75, 3.05) is 7.11 Å². The van der Waals surface area contributed by atoms with Gasteiger partial charge in [0.1, 0.15) is 5.15 Å². The van der Waals surface area contributed by atoms with Crippen molar-refractivity contribution in [1.29, 1.82) is 0 Å². The molecule has 2 rings (SSSR count). The molecule has 0 fully saturated rings. The van der Waals surface area contributed by atoms with Gasteiger partial charge in [0.05, 0.1) is 28.5 Å². The Labute approximate surface area is 118 Å². The molecule has 0 radical (unpaired) electrons. The van der Waals surface area contributed by atoms with E-state index < -0.39 is 0 Å². The normalized spacial score (nSPS) is 10.9. The predicted molar refractivity (Wildman–Crippen MR) is 72.4 cm³/mol. The molecule has 0 spiro atoms. The Kier molecular flexibility index (Phi) is 3.99. The number of halogens is 2. The number of rotatable bonds is 3. The molecule has 0 unspecified atom stereocenters. The molecule has 0 N–H and O–H groups in total. The quantitative estimate of drug-likeness (QED) is 0.812. The Bertz CT molecular complexity index is 585. The van der Waals surface area contributed by atoms with Crippen molar-refractivity contribution >= 4 is 27.5 Å². The molecule has 0 aromatic carbocycles. The summed E-state index contributed by atoms with van der Waals surface area (Å²) in [7, 11) is 3.48. The molecule has 0 aliphatic heterocycles. The van der Waals surface area contributed by atoms with Gasteiger partial charge in [0.25, 0.3) is 0 Å². The van der Waals surface area contributed by atoms with E-state index in [0.717, 1.165) is 17.0 Å². The predicted octanol–water partition coefficient (Wildman–Crippen LogP) is 2.75. The summed E-state index contributed by atoms with van der Waals surface area (Å²) in [6.07, 6.45) is 1.73. The molecule has 5 nitrogen and oxygen atoms in total. The molecular weight excluding hydrogens is 320 g/mol. The van der Waals surface area contributed by atoms with Crippen molar-refractivity contribution in [3.63, 3.8) is 0 Å². The van der Waals surface area contributed by atoms with Crippen LogP contribution in [0.3, 0.4) is 0 Å². The highest BCUT2D eigenvalue weighted by atomic mass is 79.9. The van der Waals surface area contributed by atoms with Crippen molar-refractivity contribution in [3.8, 4) is 11.4 Å². The summed E-state index contributed by atoms with van der Waals surface area (Å²) in [6, 6.07) is 0. The molecule has 18 heavy (non-hydrogen) atoms. The lowest BCUT2D eigenvalue weighted by atomic mass is 10.2. The first-order valence-corrected chi connectivity index (χ1v) is 6.41. The summed E-state index contributed by atoms with van der Waals surface area (Å²) in [6.45, 7) is 2.33. The zero-order valence-corrected chi connectivity index (χ0v) is 12.6. The maximum absolute atomic E-state index is 6.08. The number of hydrogen-bond acceptors (Lipinski definition) is 4. The van der Waals surface area contributed by atoms with E-state index in [1.165, 1.54) is 0 Å². The fourth-order valence-electron chi connectivity index (χ4n) is 1.53. The molecule has 0 aliphatic carbocycles. The Morgan fingerprint density at radius 3 is 2.72 bits per heavy atom. The largest absolute Gasteiger partial charge is 0.378 e. The van der Waals surface area contributed by atoms with Gasteiger partial charge in [-0.25, -0.2) is 9.97 Å². The van der Waals surface area contributed by atoms with Gasteiger partial charge in [-0.05, 0) is 22.9 Å². The number of methoxy groups -OCH3 is 1. The molecule has 2 aromatic heterocycles.